The molecule has 0 unspecified atom stereocenters. The number of thiophene rings is 1. The fraction of sp³-hybridized carbons (Fsp3) is 0.538. The Morgan fingerprint density at radius 3 is 2.53 bits per heavy atom. The van der Waals surface area contributed by atoms with Gasteiger partial charge in [0.05, 0.1) is 16.2 Å². The van der Waals surface area contributed by atoms with Crippen LogP contribution in [0.5, 0.6) is 0 Å². The first-order valence-corrected chi connectivity index (χ1v) is 8.91. The minimum Gasteiger partial charge on any atom is -0.215 e. The Hall–Kier alpha value is -0.540. The van der Waals surface area contributed by atoms with Crippen LogP contribution < -0.4 is 4.72 Å². The normalized spacial score (nSPS) is 12.1. The smallest absolute Gasteiger partial charge is 0.208 e. The van der Waals surface area contributed by atoms with Crippen LogP contribution in [0.1, 0.15) is 36.9 Å². The summed E-state index contributed by atoms with van der Waals surface area (Å²) < 4.78 is 24.1. The minimum absolute atomic E-state index is 0.0134. The molecule has 1 N–H and O–H groups in total. The summed E-state index contributed by atoms with van der Waals surface area (Å²) in [6.45, 7) is 6.66. The lowest BCUT2D eigenvalue weighted by atomic mass is 9.95. The third kappa shape index (κ3) is 5.96. The van der Waals surface area contributed by atoms with Crippen molar-refractivity contribution in [1.82, 2.24) is 4.72 Å². The Labute approximate surface area is 124 Å². The molecule has 1 aromatic heterocycles. The first kappa shape index (κ1) is 16.5. The number of hydrogen-bond acceptors (Lipinski definition) is 3. The largest absolute Gasteiger partial charge is 0.215 e. The quantitative estimate of drug-likeness (QED) is 0.687. The van der Waals surface area contributed by atoms with Crippen molar-refractivity contribution in [3.63, 3.8) is 0 Å². The molecule has 106 valence electrons. The van der Waals surface area contributed by atoms with Crippen LogP contribution in [0.25, 0.3) is 0 Å². The molecule has 0 aliphatic heterocycles. The molecule has 0 fully saturated rings. The highest BCUT2D eigenvalue weighted by molar-refractivity contribution is 7.88. The van der Waals surface area contributed by atoms with E-state index in [1.807, 2.05) is 6.07 Å². The van der Waals surface area contributed by atoms with E-state index in [1.54, 1.807) is 11.3 Å². The van der Waals surface area contributed by atoms with Gasteiger partial charge in [-0.3, -0.25) is 0 Å². The highest BCUT2D eigenvalue weighted by Gasteiger charge is 2.20. The Balaban J connectivity index is 2.65. The summed E-state index contributed by atoms with van der Waals surface area (Å²) >= 11 is 7.77. The molecule has 0 aromatic carbocycles. The molecule has 0 saturated carbocycles. The van der Waals surface area contributed by atoms with Gasteiger partial charge in [0.15, 0.2) is 0 Å². The average molecular weight is 320 g/mol. The molecule has 1 aromatic rings. The lowest BCUT2D eigenvalue weighted by molar-refractivity contribution is 0.588. The minimum atomic E-state index is -3.13. The van der Waals surface area contributed by atoms with Gasteiger partial charge in [0.2, 0.25) is 10.0 Å². The predicted molar refractivity (Wildman–Crippen MR) is 82.4 cm³/mol. The molecule has 0 aliphatic rings. The van der Waals surface area contributed by atoms with Gasteiger partial charge in [-0.15, -0.1) is 11.3 Å². The van der Waals surface area contributed by atoms with Gasteiger partial charge < -0.3 is 0 Å². The van der Waals surface area contributed by atoms with E-state index in [2.05, 4.69) is 37.3 Å². The molecular formula is C13H18ClNO2S2. The summed E-state index contributed by atoms with van der Waals surface area (Å²) in [5.41, 5.74) is 0.0134. The Kier molecular flexibility index (Phi) is 5.45. The van der Waals surface area contributed by atoms with Crippen LogP contribution in [0.15, 0.2) is 6.07 Å². The maximum atomic E-state index is 10.8. The molecule has 19 heavy (non-hydrogen) atoms. The van der Waals surface area contributed by atoms with Crippen LogP contribution in [-0.4, -0.2) is 21.2 Å². The zero-order valence-electron chi connectivity index (χ0n) is 11.5. The van der Waals surface area contributed by atoms with Gasteiger partial charge in [-0.2, -0.15) is 0 Å². The maximum Gasteiger partial charge on any atom is 0.208 e. The average Bonchev–Trinajstić information content (AvgIpc) is 2.57. The van der Waals surface area contributed by atoms with Crippen molar-refractivity contribution in [3.8, 4) is 11.8 Å². The lowest BCUT2D eigenvalue weighted by Crippen LogP contribution is -2.22. The third-order valence-electron chi connectivity index (χ3n) is 2.19. The van der Waals surface area contributed by atoms with Crippen molar-refractivity contribution >= 4 is 33.0 Å². The summed E-state index contributed by atoms with van der Waals surface area (Å²) in [5.74, 6) is 5.95. The highest BCUT2D eigenvalue weighted by atomic mass is 35.5. The predicted octanol–water partition coefficient (Wildman–Crippen LogP) is 2.99. The summed E-state index contributed by atoms with van der Waals surface area (Å²) in [4.78, 5) is 2.03. The standard InChI is InChI=1S/C13H18ClNO2S2/c1-13(2,3)12-11(14)9-10(18-12)7-5-6-8-15-19(4,16)17/h9,15H,6,8H2,1-4H3. The van der Waals surface area contributed by atoms with Gasteiger partial charge in [0.1, 0.15) is 0 Å². The molecule has 1 heterocycles. The van der Waals surface area contributed by atoms with Crippen molar-refractivity contribution in [2.24, 2.45) is 0 Å². The van der Waals surface area contributed by atoms with Gasteiger partial charge in [0, 0.05) is 17.8 Å². The zero-order chi connectivity index (χ0) is 14.7. The van der Waals surface area contributed by atoms with E-state index in [-0.39, 0.29) is 5.41 Å². The zero-order valence-corrected chi connectivity index (χ0v) is 13.9. The van der Waals surface area contributed by atoms with Crippen LogP contribution in [-0.2, 0) is 15.4 Å². The molecule has 3 nitrogen and oxygen atoms in total. The molecule has 6 heteroatoms. The van der Waals surface area contributed by atoms with Gasteiger partial charge >= 0.3 is 0 Å². The number of halogens is 1. The number of rotatable bonds is 3. The number of hydrogen-bond donors (Lipinski definition) is 1. The van der Waals surface area contributed by atoms with E-state index in [0.717, 1.165) is 21.0 Å². The first-order valence-electron chi connectivity index (χ1n) is 5.83. The van der Waals surface area contributed by atoms with Crippen molar-refractivity contribution in [3.05, 3.63) is 20.8 Å². The second kappa shape index (κ2) is 6.27. The van der Waals surface area contributed by atoms with E-state index >= 15 is 0 Å². The first-order chi connectivity index (χ1) is 8.59. The van der Waals surface area contributed by atoms with Crippen molar-refractivity contribution in [2.75, 3.05) is 12.8 Å². The molecule has 0 bridgehead atoms. The summed E-state index contributed by atoms with van der Waals surface area (Å²) in [5, 5.41) is 0.746. The monoisotopic (exact) mass is 319 g/mol. The topological polar surface area (TPSA) is 46.2 Å². The van der Waals surface area contributed by atoms with Gasteiger partial charge in [-0.1, -0.05) is 44.2 Å². The molecule has 0 saturated heterocycles. The third-order valence-corrected chi connectivity index (χ3v) is 4.81. The molecule has 0 aliphatic carbocycles. The van der Waals surface area contributed by atoms with Gasteiger partial charge in [-0.25, -0.2) is 13.1 Å². The van der Waals surface area contributed by atoms with Crippen molar-refractivity contribution in [2.45, 2.75) is 32.6 Å². The van der Waals surface area contributed by atoms with Crippen LogP contribution in [0, 0.1) is 11.8 Å². The highest BCUT2D eigenvalue weighted by Crippen LogP contribution is 2.36. The Morgan fingerprint density at radius 2 is 2.05 bits per heavy atom. The summed E-state index contributed by atoms with van der Waals surface area (Å²) in [6.07, 6.45) is 1.61. The van der Waals surface area contributed by atoms with Crippen LogP contribution in [0.3, 0.4) is 0 Å². The molecular weight excluding hydrogens is 302 g/mol. The molecule has 0 spiro atoms. The molecule has 0 atom stereocenters. The van der Waals surface area contributed by atoms with E-state index in [9.17, 15) is 8.42 Å². The second-order valence-electron chi connectivity index (χ2n) is 5.26. The Bertz CT molecular complexity index is 601. The van der Waals surface area contributed by atoms with Crippen LogP contribution in [0.2, 0.25) is 5.02 Å². The second-order valence-corrected chi connectivity index (χ2v) is 8.55. The van der Waals surface area contributed by atoms with Crippen LogP contribution >= 0.6 is 22.9 Å². The molecule has 0 radical (unpaired) electrons. The van der Waals surface area contributed by atoms with Crippen LogP contribution in [0.4, 0.5) is 0 Å². The summed E-state index contributed by atoms with van der Waals surface area (Å²) in [7, 11) is -3.13. The van der Waals surface area contributed by atoms with E-state index < -0.39 is 10.0 Å². The van der Waals surface area contributed by atoms with Crippen molar-refractivity contribution < 1.29 is 8.42 Å². The molecule has 1 rings (SSSR count). The molecule has 0 amide bonds. The van der Waals surface area contributed by atoms with Crippen molar-refractivity contribution in [1.29, 1.82) is 0 Å². The maximum absolute atomic E-state index is 10.8. The van der Waals surface area contributed by atoms with Gasteiger partial charge in [0.25, 0.3) is 0 Å². The fourth-order valence-electron chi connectivity index (χ4n) is 1.39. The van der Waals surface area contributed by atoms with E-state index in [4.69, 9.17) is 11.6 Å². The number of nitrogens with one attached hydrogen (secondary N) is 1. The lowest BCUT2D eigenvalue weighted by Gasteiger charge is -2.16. The SMILES string of the molecule is CC(C)(C)c1sc(C#CCCNS(C)(=O)=O)cc1Cl. The summed E-state index contributed by atoms with van der Waals surface area (Å²) in [6, 6.07) is 1.86. The fourth-order valence-corrected chi connectivity index (χ4v) is 3.42. The van der Waals surface area contributed by atoms with E-state index in [1.165, 1.54) is 0 Å². The van der Waals surface area contributed by atoms with E-state index in [0.29, 0.717) is 13.0 Å². The Morgan fingerprint density at radius 1 is 1.42 bits per heavy atom. The van der Waals surface area contributed by atoms with Gasteiger partial charge in [-0.05, 0) is 11.5 Å². The number of sulfonamides is 1.